The Balaban J connectivity index is 1.51. The highest BCUT2D eigenvalue weighted by Gasteiger charge is 2.29. The van der Waals surface area contributed by atoms with Gasteiger partial charge in [-0.25, -0.2) is 9.59 Å². The highest BCUT2D eigenvalue weighted by Crippen LogP contribution is 2.16. The number of nitrogens with zero attached hydrogens (tertiary/aromatic N) is 3. The number of aromatic nitrogens is 1. The van der Waals surface area contributed by atoms with Crippen molar-refractivity contribution in [2.45, 2.75) is 58.3 Å². The van der Waals surface area contributed by atoms with Crippen LogP contribution in [0.1, 0.15) is 45.6 Å². The second-order valence-electron chi connectivity index (χ2n) is 10.2. The van der Waals surface area contributed by atoms with Crippen LogP contribution < -0.4 is 15.5 Å². The van der Waals surface area contributed by atoms with Gasteiger partial charge < -0.3 is 29.9 Å². The lowest BCUT2D eigenvalue weighted by Crippen LogP contribution is -2.55. The maximum Gasteiger partial charge on any atom is 0.408 e. The van der Waals surface area contributed by atoms with E-state index in [-0.39, 0.29) is 12.5 Å². The molecule has 10 heteroatoms. The van der Waals surface area contributed by atoms with Crippen LogP contribution in [0.25, 0.3) is 0 Å². The summed E-state index contributed by atoms with van der Waals surface area (Å²) in [5.74, 6) is -0.129. The summed E-state index contributed by atoms with van der Waals surface area (Å²) in [5, 5.41) is 5.50. The van der Waals surface area contributed by atoms with Crippen molar-refractivity contribution in [1.29, 1.82) is 0 Å². The van der Waals surface area contributed by atoms with Crippen molar-refractivity contribution in [3.8, 4) is 0 Å². The molecule has 1 atom stereocenters. The van der Waals surface area contributed by atoms with Crippen molar-refractivity contribution in [2.75, 3.05) is 37.6 Å². The number of carbonyl (C=O) groups is 3. The number of hydrogen-bond acceptors (Lipinski definition) is 7. The highest BCUT2D eigenvalue weighted by molar-refractivity contribution is 5.86. The summed E-state index contributed by atoms with van der Waals surface area (Å²) >= 11 is 0. The molecule has 1 aromatic carbocycles. The van der Waals surface area contributed by atoms with E-state index < -0.39 is 23.8 Å². The molecule has 0 saturated carbocycles. The number of hydrogen-bond donors (Lipinski definition) is 2. The largest absolute Gasteiger partial charge is 0.445 e. The molecule has 1 aliphatic rings. The normalized spacial score (nSPS) is 14.4. The summed E-state index contributed by atoms with van der Waals surface area (Å²) in [7, 11) is 0. The van der Waals surface area contributed by atoms with Crippen LogP contribution in [0.3, 0.4) is 0 Å². The van der Waals surface area contributed by atoms with Crippen LogP contribution in [0.2, 0.25) is 0 Å². The van der Waals surface area contributed by atoms with Gasteiger partial charge in [-0.05, 0) is 57.7 Å². The zero-order valence-electron chi connectivity index (χ0n) is 22.5. The standard InChI is InChI=1S/C28H39N5O5/c1-28(2,3)38-26(35)30-14-8-7-11-24(31-27(36)37-21-22-9-5-4-6-10-22)25(34)33-19-17-32(18-20-33)23-12-15-29-16-13-23/h4-6,9-10,12-13,15-16,24H,7-8,11,14,17-21H2,1-3H3,(H,30,35)(H,31,36)/t24-/m0/s1. The first-order valence-corrected chi connectivity index (χ1v) is 13.1. The number of amides is 3. The second-order valence-corrected chi connectivity index (χ2v) is 10.2. The first-order valence-electron chi connectivity index (χ1n) is 13.1. The van der Waals surface area contributed by atoms with Crippen LogP contribution in [0.15, 0.2) is 54.9 Å². The van der Waals surface area contributed by atoms with Gasteiger partial charge in [0.25, 0.3) is 0 Å². The number of carbonyl (C=O) groups excluding carboxylic acids is 3. The molecule has 2 aromatic rings. The summed E-state index contributed by atoms with van der Waals surface area (Å²) in [6, 6.07) is 12.6. The van der Waals surface area contributed by atoms with Gasteiger partial charge in [0.15, 0.2) is 0 Å². The molecule has 1 fully saturated rings. The van der Waals surface area contributed by atoms with Crippen LogP contribution in [-0.4, -0.2) is 72.3 Å². The van der Waals surface area contributed by atoms with Crippen molar-refractivity contribution in [2.24, 2.45) is 0 Å². The molecule has 206 valence electrons. The number of ether oxygens (including phenoxy) is 2. The molecule has 2 N–H and O–H groups in total. The van der Waals surface area contributed by atoms with Crippen LogP contribution in [-0.2, 0) is 20.9 Å². The average molecular weight is 526 g/mol. The van der Waals surface area contributed by atoms with Gasteiger partial charge in [-0.3, -0.25) is 9.78 Å². The Labute approximate surface area is 224 Å². The lowest BCUT2D eigenvalue weighted by atomic mass is 10.1. The SMILES string of the molecule is CC(C)(C)OC(=O)NCCCC[C@H](NC(=O)OCc1ccccc1)C(=O)N1CCN(c2ccncc2)CC1. The monoisotopic (exact) mass is 525 g/mol. The van der Waals surface area contributed by atoms with Crippen molar-refractivity contribution >= 4 is 23.8 Å². The maximum atomic E-state index is 13.4. The van der Waals surface area contributed by atoms with E-state index in [0.717, 1.165) is 11.3 Å². The summed E-state index contributed by atoms with van der Waals surface area (Å²) in [6.07, 6.45) is 4.10. The first kappa shape index (κ1) is 28.7. The van der Waals surface area contributed by atoms with E-state index in [4.69, 9.17) is 9.47 Å². The topological polar surface area (TPSA) is 113 Å². The van der Waals surface area contributed by atoms with Gasteiger partial charge in [0, 0.05) is 50.8 Å². The lowest BCUT2D eigenvalue weighted by molar-refractivity contribution is -0.133. The highest BCUT2D eigenvalue weighted by atomic mass is 16.6. The van der Waals surface area contributed by atoms with Gasteiger partial charge >= 0.3 is 12.2 Å². The van der Waals surface area contributed by atoms with Crippen molar-refractivity contribution in [3.63, 3.8) is 0 Å². The Hall–Kier alpha value is -3.82. The van der Waals surface area contributed by atoms with Gasteiger partial charge in [-0.15, -0.1) is 0 Å². The van der Waals surface area contributed by atoms with Crippen LogP contribution in [0.5, 0.6) is 0 Å². The van der Waals surface area contributed by atoms with E-state index in [9.17, 15) is 14.4 Å². The maximum absolute atomic E-state index is 13.4. The third-order valence-electron chi connectivity index (χ3n) is 6.01. The number of benzene rings is 1. The third kappa shape index (κ3) is 9.91. The molecule has 2 heterocycles. The van der Waals surface area contributed by atoms with Gasteiger partial charge in [-0.2, -0.15) is 0 Å². The Morgan fingerprint density at radius 1 is 0.947 bits per heavy atom. The number of piperazine rings is 1. The molecule has 0 spiro atoms. The predicted molar refractivity (Wildman–Crippen MR) is 145 cm³/mol. The number of nitrogens with one attached hydrogen (secondary N) is 2. The van der Waals surface area contributed by atoms with E-state index in [2.05, 4.69) is 20.5 Å². The molecule has 0 aliphatic carbocycles. The smallest absolute Gasteiger partial charge is 0.408 e. The van der Waals surface area contributed by atoms with E-state index in [1.54, 1.807) is 17.3 Å². The van der Waals surface area contributed by atoms with E-state index in [0.29, 0.717) is 52.0 Å². The fourth-order valence-electron chi connectivity index (χ4n) is 4.10. The fourth-order valence-corrected chi connectivity index (χ4v) is 4.10. The molecule has 0 unspecified atom stereocenters. The number of alkyl carbamates (subject to hydrolysis) is 2. The molecule has 1 saturated heterocycles. The molecule has 0 radical (unpaired) electrons. The molecule has 10 nitrogen and oxygen atoms in total. The molecule has 0 bridgehead atoms. The summed E-state index contributed by atoms with van der Waals surface area (Å²) in [5.41, 5.74) is 1.38. The quantitative estimate of drug-likeness (QED) is 0.455. The number of pyridine rings is 1. The third-order valence-corrected chi connectivity index (χ3v) is 6.01. The fraction of sp³-hybridized carbons (Fsp3) is 0.500. The van der Waals surface area contributed by atoms with Crippen molar-refractivity contribution in [3.05, 3.63) is 60.4 Å². The molecular formula is C28H39N5O5. The van der Waals surface area contributed by atoms with Crippen molar-refractivity contribution in [1.82, 2.24) is 20.5 Å². The zero-order valence-corrected chi connectivity index (χ0v) is 22.5. The van der Waals surface area contributed by atoms with Crippen LogP contribution in [0.4, 0.5) is 15.3 Å². The van der Waals surface area contributed by atoms with Gasteiger partial charge in [0.1, 0.15) is 18.2 Å². The Morgan fingerprint density at radius 2 is 1.63 bits per heavy atom. The molecule has 3 amide bonds. The van der Waals surface area contributed by atoms with Crippen LogP contribution in [0, 0.1) is 0 Å². The van der Waals surface area contributed by atoms with Gasteiger partial charge in [0.05, 0.1) is 0 Å². The number of unbranched alkanes of at least 4 members (excludes halogenated alkanes) is 1. The molecule has 1 aromatic heterocycles. The van der Waals surface area contributed by atoms with Gasteiger partial charge in [0.2, 0.25) is 5.91 Å². The minimum atomic E-state index is -0.715. The predicted octanol–water partition coefficient (Wildman–Crippen LogP) is 3.72. The second kappa shape index (κ2) is 14.2. The van der Waals surface area contributed by atoms with E-state index in [1.165, 1.54) is 0 Å². The van der Waals surface area contributed by atoms with Gasteiger partial charge in [-0.1, -0.05) is 30.3 Å². The van der Waals surface area contributed by atoms with Crippen LogP contribution >= 0.6 is 0 Å². The van der Waals surface area contributed by atoms with E-state index >= 15 is 0 Å². The zero-order chi connectivity index (χ0) is 27.4. The minimum Gasteiger partial charge on any atom is -0.445 e. The summed E-state index contributed by atoms with van der Waals surface area (Å²) in [6.45, 7) is 8.46. The molecule has 1 aliphatic heterocycles. The Morgan fingerprint density at radius 3 is 2.29 bits per heavy atom. The van der Waals surface area contributed by atoms with E-state index in [1.807, 2.05) is 63.2 Å². The van der Waals surface area contributed by atoms with Crippen molar-refractivity contribution < 1.29 is 23.9 Å². The molecule has 3 rings (SSSR count). The number of rotatable bonds is 10. The minimum absolute atomic E-state index is 0.123. The Bertz CT molecular complexity index is 1020. The number of anilines is 1. The molecule has 38 heavy (non-hydrogen) atoms. The molecular weight excluding hydrogens is 486 g/mol. The Kier molecular flexibility index (Phi) is 10.7. The summed E-state index contributed by atoms with van der Waals surface area (Å²) < 4.78 is 10.6. The lowest BCUT2D eigenvalue weighted by Gasteiger charge is -2.37. The average Bonchev–Trinajstić information content (AvgIpc) is 2.91. The first-order chi connectivity index (χ1) is 18.2. The summed E-state index contributed by atoms with van der Waals surface area (Å²) in [4.78, 5) is 45.9.